The minimum absolute atomic E-state index is 0.0456. The van der Waals surface area contributed by atoms with Gasteiger partial charge in [0.05, 0.1) is 5.69 Å². The van der Waals surface area contributed by atoms with Crippen LogP contribution >= 0.6 is 0 Å². The summed E-state index contributed by atoms with van der Waals surface area (Å²) in [5.41, 5.74) is 4.48. The first-order valence-electron chi connectivity index (χ1n) is 9.03. The minimum atomic E-state index is -0.665. The molecule has 3 heterocycles. The van der Waals surface area contributed by atoms with E-state index in [0.717, 1.165) is 11.3 Å². The Kier molecular flexibility index (Phi) is 3.75. The van der Waals surface area contributed by atoms with Crippen molar-refractivity contribution in [1.82, 2.24) is 14.6 Å². The van der Waals surface area contributed by atoms with Crippen molar-refractivity contribution in [2.75, 3.05) is 0 Å². The highest BCUT2D eigenvalue weighted by atomic mass is 16.4. The Labute approximate surface area is 165 Å². The first kappa shape index (κ1) is 16.9. The van der Waals surface area contributed by atoms with Crippen LogP contribution < -0.4 is 5.63 Å². The van der Waals surface area contributed by atoms with Crippen molar-refractivity contribution in [3.63, 3.8) is 0 Å². The van der Waals surface area contributed by atoms with Gasteiger partial charge in [-0.3, -0.25) is 0 Å². The van der Waals surface area contributed by atoms with Crippen molar-refractivity contribution in [2.24, 2.45) is 0 Å². The lowest BCUT2D eigenvalue weighted by atomic mass is 10.00. The molecule has 0 fully saturated rings. The van der Waals surface area contributed by atoms with Crippen LogP contribution in [0.25, 0.3) is 39.0 Å². The van der Waals surface area contributed by atoms with Crippen LogP contribution in [0.2, 0.25) is 0 Å². The van der Waals surface area contributed by atoms with Gasteiger partial charge in [-0.1, -0.05) is 48.0 Å². The summed E-state index contributed by atoms with van der Waals surface area (Å²) in [6.07, 6.45) is 3.43. The highest BCUT2D eigenvalue weighted by Gasteiger charge is 2.17. The van der Waals surface area contributed by atoms with E-state index in [0.29, 0.717) is 27.7 Å². The Bertz CT molecular complexity index is 1490. The lowest BCUT2D eigenvalue weighted by molar-refractivity contribution is 0.559. The average Bonchev–Trinajstić information content (AvgIpc) is 3.16. The number of nitrogens with zero attached hydrogens (tertiary/aromatic N) is 4. The maximum Gasteiger partial charge on any atom is 0.354 e. The van der Waals surface area contributed by atoms with E-state index in [4.69, 9.17) is 4.42 Å². The second kappa shape index (κ2) is 6.43. The van der Waals surface area contributed by atoms with Crippen molar-refractivity contribution in [3.8, 4) is 28.5 Å². The molecule has 0 aliphatic rings. The summed E-state index contributed by atoms with van der Waals surface area (Å²) in [6, 6.07) is 19.1. The maximum absolute atomic E-state index is 12.3. The Balaban J connectivity index is 1.73. The van der Waals surface area contributed by atoms with Crippen molar-refractivity contribution in [3.05, 3.63) is 88.5 Å². The van der Waals surface area contributed by atoms with Gasteiger partial charge in [-0.2, -0.15) is 10.4 Å². The number of rotatable bonds is 2. The monoisotopic (exact) mass is 378 g/mol. The third-order valence-corrected chi connectivity index (χ3v) is 4.87. The second-order valence-corrected chi connectivity index (χ2v) is 6.79. The number of hydrogen-bond donors (Lipinski definition) is 0. The molecule has 0 saturated carbocycles. The van der Waals surface area contributed by atoms with Gasteiger partial charge < -0.3 is 4.42 Å². The molecule has 5 aromatic rings. The fraction of sp³-hybridized carbons (Fsp3) is 0.0435. The SMILES string of the molecule is Cc1ccc(-c2cc3ncc(-c4c(C#N)c(=O)oc5ccccc45)cn3n2)cc1. The van der Waals surface area contributed by atoms with Crippen LogP contribution in [0.15, 0.2) is 76.2 Å². The Morgan fingerprint density at radius 3 is 2.66 bits per heavy atom. The summed E-state index contributed by atoms with van der Waals surface area (Å²) < 4.78 is 6.95. The topological polar surface area (TPSA) is 84.2 Å². The smallest absolute Gasteiger partial charge is 0.354 e. The summed E-state index contributed by atoms with van der Waals surface area (Å²) >= 11 is 0. The van der Waals surface area contributed by atoms with E-state index in [9.17, 15) is 10.1 Å². The van der Waals surface area contributed by atoms with E-state index in [1.807, 2.05) is 55.5 Å². The molecule has 0 atom stereocenters. The van der Waals surface area contributed by atoms with Gasteiger partial charge in [-0.05, 0) is 13.0 Å². The second-order valence-electron chi connectivity index (χ2n) is 6.79. The molecule has 0 N–H and O–H groups in total. The van der Waals surface area contributed by atoms with Gasteiger partial charge in [0.1, 0.15) is 17.2 Å². The average molecular weight is 378 g/mol. The van der Waals surface area contributed by atoms with E-state index in [1.54, 1.807) is 29.0 Å². The highest BCUT2D eigenvalue weighted by molar-refractivity contribution is 5.95. The summed E-state index contributed by atoms with van der Waals surface area (Å²) in [5.74, 6) is 0. The number of fused-ring (bicyclic) bond motifs is 2. The van der Waals surface area contributed by atoms with Gasteiger partial charge in [-0.15, -0.1) is 0 Å². The molecule has 29 heavy (non-hydrogen) atoms. The molecule has 0 aliphatic carbocycles. The van der Waals surface area contributed by atoms with E-state index in [-0.39, 0.29) is 5.56 Å². The number of hydrogen-bond acceptors (Lipinski definition) is 5. The fourth-order valence-corrected chi connectivity index (χ4v) is 3.42. The zero-order valence-corrected chi connectivity index (χ0v) is 15.5. The molecule has 0 saturated heterocycles. The lowest BCUT2D eigenvalue weighted by Gasteiger charge is -2.07. The molecule has 0 bridgehead atoms. The van der Waals surface area contributed by atoms with E-state index < -0.39 is 5.63 Å². The van der Waals surface area contributed by atoms with Crippen LogP contribution in [0.1, 0.15) is 11.1 Å². The van der Waals surface area contributed by atoms with Gasteiger partial charge in [0.15, 0.2) is 5.65 Å². The van der Waals surface area contributed by atoms with Crippen LogP contribution in [0.4, 0.5) is 0 Å². The molecule has 6 nitrogen and oxygen atoms in total. The zero-order chi connectivity index (χ0) is 20.0. The molecule has 6 heteroatoms. The van der Waals surface area contributed by atoms with E-state index in [1.165, 1.54) is 5.56 Å². The number of nitriles is 1. The fourth-order valence-electron chi connectivity index (χ4n) is 3.42. The quantitative estimate of drug-likeness (QED) is 0.426. The number of benzene rings is 2. The van der Waals surface area contributed by atoms with E-state index in [2.05, 4.69) is 10.1 Å². The molecule has 138 valence electrons. The zero-order valence-electron chi connectivity index (χ0n) is 15.5. The predicted octanol–water partition coefficient (Wildman–Crippen LogP) is 4.35. The largest absolute Gasteiger partial charge is 0.422 e. The molecule has 3 aromatic heterocycles. The van der Waals surface area contributed by atoms with Gasteiger partial charge in [0.25, 0.3) is 0 Å². The molecule has 0 aliphatic heterocycles. The Morgan fingerprint density at radius 1 is 1.07 bits per heavy atom. The number of aryl methyl sites for hydroxylation is 1. The molecule has 0 unspecified atom stereocenters. The lowest BCUT2D eigenvalue weighted by Crippen LogP contribution is -2.07. The standard InChI is InChI=1S/C23H14N4O2/c1-14-6-8-15(9-7-14)19-10-21-25-12-16(13-27(21)26-19)22-17-4-2-3-5-20(17)29-23(28)18(22)11-24/h2-10,12-13H,1H3. The number of para-hydroxylation sites is 1. The molecular weight excluding hydrogens is 364 g/mol. The van der Waals surface area contributed by atoms with Gasteiger partial charge >= 0.3 is 5.63 Å². The summed E-state index contributed by atoms with van der Waals surface area (Å²) in [4.78, 5) is 16.8. The summed E-state index contributed by atoms with van der Waals surface area (Å²) in [6.45, 7) is 2.04. The highest BCUT2D eigenvalue weighted by Crippen LogP contribution is 2.30. The third kappa shape index (κ3) is 2.77. The molecule has 2 aromatic carbocycles. The van der Waals surface area contributed by atoms with Crippen LogP contribution in [0.5, 0.6) is 0 Å². The van der Waals surface area contributed by atoms with Crippen molar-refractivity contribution in [1.29, 1.82) is 5.26 Å². The van der Waals surface area contributed by atoms with Crippen LogP contribution in [-0.4, -0.2) is 14.6 Å². The molecule has 0 radical (unpaired) electrons. The van der Waals surface area contributed by atoms with Gasteiger partial charge in [0.2, 0.25) is 0 Å². The molecular formula is C23H14N4O2. The van der Waals surface area contributed by atoms with Gasteiger partial charge in [-0.25, -0.2) is 14.3 Å². The van der Waals surface area contributed by atoms with Crippen molar-refractivity contribution >= 4 is 16.6 Å². The van der Waals surface area contributed by atoms with Crippen LogP contribution in [0.3, 0.4) is 0 Å². The van der Waals surface area contributed by atoms with Crippen molar-refractivity contribution in [2.45, 2.75) is 6.92 Å². The summed E-state index contributed by atoms with van der Waals surface area (Å²) in [7, 11) is 0. The van der Waals surface area contributed by atoms with Crippen LogP contribution in [0, 0.1) is 18.3 Å². The molecule has 0 amide bonds. The minimum Gasteiger partial charge on any atom is -0.422 e. The first-order chi connectivity index (χ1) is 14.1. The Morgan fingerprint density at radius 2 is 1.86 bits per heavy atom. The summed E-state index contributed by atoms with van der Waals surface area (Å²) in [5, 5.41) is 14.9. The van der Waals surface area contributed by atoms with Gasteiger partial charge in [0, 0.05) is 40.5 Å². The maximum atomic E-state index is 12.3. The normalized spacial score (nSPS) is 11.0. The molecule has 5 rings (SSSR count). The van der Waals surface area contributed by atoms with Crippen molar-refractivity contribution < 1.29 is 4.42 Å². The first-order valence-corrected chi connectivity index (χ1v) is 9.03. The van der Waals surface area contributed by atoms with E-state index >= 15 is 0 Å². The molecule has 0 spiro atoms. The van der Waals surface area contributed by atoms with Crippen LogP contribution in [-0.2, 0) is 0 Å². The third-order valence-electron chi connectivity index (χ3n) is 4.87. The number of aromatic nitrogens is 3. The Hall–Kier alpha value is -4.24. The predicted molar refractivity (Wildman–Crippen MR) is 109 cm³/mol.